The van der Waals surface area contributed by atoms with Crippen LogP contribution in [0.5, 0.6) is 0 Å². The van der Waals surface area contributed by atoms with Crippen LogP contribution in [-0.4, -0.2) is 14.2 Å². The Kier molecular flexibility index (Phi) is 4.85. The zero-order valence-corrected chi connectivity index (χ0v) is 12.7. The van der Waals surface area contributed by atoms with Crippen molar-refractivity contribution in [2.75, 3.05) is 10.5 Å². The maximum atomic E-state index is 11.5. The number of rotatable bonds is 4. The van der Waals surface area contributed by atoms with E-state index in [0.717, 1.165) is 8.04 Å². The van der Waals surface area contributed by atoms with Crippen LogP contribution in [0.2, 0.25) is 0 Å². The first-order valence-corrected chi connectivity index (χ1v) is 7.92. The van der Waals surface area contributed by atoms with E-state index in [9.17, 15) is 8.42 Å². The third-order valence-corrected chi connectivity index (χ3v) is 4.58. The Morgan fingerprint density at radius 3 is 2.73 bits per heavy atom. The molecule has 0 aliphatic carbocycles. The van der Waals surface area contributed by atoms with Crippen molar-refractivity contribution in [3.05, 3.63) is 26.2 Å². The molecule has 0 aromatic heterocycles. The summed E-state index contributed by atoms with van der Waals surface area (Å²) in [5.74, 6) is 0.148. The van der Waals surface area contributed by atoms with Crippen LogP contribution in [0.15, 0.2) is 22.7 Å². The number of anilines is 1. The second-order valence-corrected chi connectivity index (χ2v) is 6.96. The van der Waals surface area contributed by atoms with E-state index in [1.54, 1.807) is 6.07 Å². The van der Waals surface area contributed by atoms with Crippen molar-refractivity contribution in [2.24, 2.45) is 0 Å². The van der Waals surface area contributed by atoms with Gasteiger partial charge >= 0.3 is 0 Å². The Balaban J connectivity index is 2.94. The Morgan fingerprint density at radius 1 is 1.47 bits per heavy atom. The molecule has 1 rings (SSSR count). The Morgan fingerprint density at radius 2 is 2.13 bits per heavy atom. The number of nitrogens with one attached hydrogen (secondary N) is 1. The molecule has 0 atom stereocenters. The molecule has 0 bridgehead atoms. The zero-order chi connectivity index (χ0) is 11.5. The lowest BCUT2D eigenvalue weighted by atomic mass is 10.3. The van der Waals surface area contributed by atoms with Crippen LogP contribution in [0.25, 0.3) is 0 Å². The Hall–Kier alpha value is 0.180. The van der Waals surface area contributed by atoms with E-state index in [0.29, 0.717) is 12.1 Å². The molecule has 0 aliphatic heterocycles. The molecule has 0 saturated heterocycles. The summed E-state index contributed by atoms with van der Waals surface area (Å²) in [4.78, 5) is 0. The average Bonchev–Trinajstić information content (AvgIpc) is 2.10. The van der Waals surface area contributed by atoms with Gasteiger partial charge in [-0.3, -0.25) is 4.72 Å². The van der Waals surface area contributed by atoms with Crippen molar-refractivity contribution in [1.29, 1.82) is 0 Å². The van der Waals surface area contributed by atoms with E-state index < -0.39 is 10.0 Å². The highest BCUT2D eigenvalue weighted by Gasteiger charge is 2.10. The third-order valence-electron chi connectivity index (χ3n) is 1.67. The Bertz CT molecular complexity index is 447. The maximum absolute atomic E-state index is 11.5. The molecule has 0 saturated carbocycles. The van der Waals surface area contributed by atoms with Gasteiger partial charge in [0.25, 0.3) is 0 Å². The summed E-state index contributed by atoms with van der Waals surface area (Å²) in [5.41, 5.74) is 0.624. The lowest BCUT2D eigenvalue weighted by Crippen LogP contribution is -2.16. The summed E-state index contributed by atoms with van der Waals surface area (Å²) in [6.07, 6.45) is 0.611. The van der Waals surface area contributed by atoms with E-state index in [1.165, 1.54) is 0 Å². The van der Waals surface area contributed by atoms with Gasteiger partial charge in [-0.15, -0.1) is 0 Å². The molecule has 15 heavy (non-hydrogen) atoms. The average molecular weight is 404 g/mol. The SMILES string of the molecule is CCCS(=O)(=O)Nc1cc(Br)ccc1I. The van der Waals surface area contributed by atoms with Crippen LogP contribution >= 0.6 is 38.5 Å². The molecule has 0 heterocycles. The highest BCUT2D eigenvalue weighted by Crippen LogP contribution is 2.23. The van der Waals surface area contributed by atoms with Gasteiger partial charge < -0.3 is 0 Å². The predicted molar refractivity (Wildman–Crippen MR) is 74.6 cm³/mol. The largest absolute Gasteiger partial charge is 0.282 e. The minimum Gasteiger partial charge on any atom is -0.282 e. The molecule has 1 aromatic rings. The third kappa shape index (κ3) is 4.28. The lowest BCUT2D eigenvalue weighted by Gasteiger charge is -2.09. The van der Waals surface area contributed by atoms with Gasteiger partial charge in [0.2, 0.25) is 10.0 Å². The minimum atomic E-state index is -3.20. The van der Waals surface area contributed by atoms with Gasteiger partial charge in [-0.1, -0.05) is 22.9 Å². The molecule has 0 fully saturated rings. The molecule has 0 amide bonds. The normalized spacial score (nSPS) is 11.4. The summed E-state index contributed by atoms with van der Waals surface area (Å²) in [6.45, 7) is 1.84. The second kappa shape index (κ2) is 5.49. The number of hydrogen-bond acceptors (Lipinski definition) is 2. The van der Waals surface area contributed by atoms with Crippen molar-refractivity contribution >= 4 is 54.2 Å². The molecule has 1 N–H and O–H groups in total. The number of hydrogen-bond donors (Lipinski definition) is 1. The molecular weight excluding hydrogens is 393 g/mol. The van der Waals surface area contributed by atoms with Crippen molar-refractivity contribution in [3.8, 4) is 0 Å². The van der Waals surface area contributed by atoms with Crippen LogP contribution < -0.4 is 4.72 Å². The molecule has 84 valence electrons. The van der Waals surface area contributed by atoms with Crippen LogP contribution in [0.4, 0.5) is 5.69 Å². The number of sulfonamides is 1. The van der Waals surface area contributed by atoms with Crippen molar-refractivity contribution in [1.82, 2.24) is 0 Å². The molecule has 1 aromatic carbocycles. The summed E-state index contributed by atoms with van der Waals surface area (Å²) in [5, 5.41) is 0. The van der Waals surface area contributed by atoms with Crippen molar-refractivity contribution < 1.29 is 8.42 Å². The Labute approximate surface area is 112 Å². The first kappa shape index (κ1) is 13.2. The highest BCUT2D eigenvalue weighted by atomic mass is 127. The van der Waals surface area contributed by atoms with Gasteiger partial charge in [0.05, 0.1) is 11.4 Å². The second-order valence-electron chi connectivity index (χ2n) is 3.05. The maximum Gasteiger partial charge on any atom is 0.232 e. The van der Waals surface area contributed by atoms with Gasteiger partial charge in [0.15, 0.2) is 0 Å². The first-order valence-electron chi connectivity index (χ1n) is 4.40. The van der Waals surface area contributed by atoms with E-state index in [4.69, 9.17) is 0 Å². The minimum absolute atomic E-state index is 0.148. The van der Waals surface area contributed by atoms with Crippen LogP contribution in [0, 0.1) is 3.57 Å². The van der Waals surface area contributed by atoms with Gasteiger partial charge in [-0.2, -0.15) is 0 Å². The van der Waals surface area contributed by atoms with Crippen molar-refractivity contribution in [2.45, 2.75) is 13.3 Å². The molecule has 6 heteroatoms. The lowest BCUT2D eigenvalue weighted by molar-refractivity contribution is 0.600. The molecule has 0 spiro atoms. The monoisotopic (exact) mass is 403 g/mol. The molecule has 0 aliphatic rings. The summed E-state index contributed by atoms with van der Waals surface area (Å²) >= 11 is 5.40. The quantitative estimate of drug-likeness (QED) is 0.784. The fraction of sp³-hybridized carbons (Fsp3) is 0.333. The molecule has 0 radical (unpaired) electrons. The van der Waals surface area contributed by atoms with Gasteiger partial charge in [0, 0.05) is 8.04 Å². The topological polar surface area (TPSA) is 46.2 Å². The number of benzene rings is 1. The van der Waals surface area contributed by atoms with Gasteiger partial charge in [0.1, 0.15) is 0 Å². The van der Waals surface area contributed by atoms with Crippen LogP contribution in [0.3, 0.4) is 0 Å². The molecular formula is C9H11BrINO2S. The predicted octanol–water partition coefficient (Wildman–Crippen LogP) is 3.21. The summed E-state index contributed by atoms with van der Waals surface area (Å²) in [6, 6.07) is 5.49. The fourth-order valence-corrected chi connectivity index (χ4v) is 3.22. The summed E-state index contributed by atoms with van der Waals surface area (Å²) < 4.78 is 27.4. The van der Waals surface area contributed by atoms with Gasteiger partial charge in [-0.05, 0) is 47.2 Å². The standard InChI is InChI=1S/C9H11BrINO2S/c1-2-5-15(13,14)12-9-6-7(10)3-4-8(9)11/h3-4,6,12H,2,5H2,1H3. The van der Waals surface area contributed by atoms with Crippen LogP contribution in [0.1, 0.15) is 13.3 Å². The van der Waals surface area contributed by atoms with Crippen molar-refractivity contribution in [3.63, 3.8) is 0 Å². The first-order chi connectivity index (χ1) is 6.94. The fourth-order valence-electron chi connectivity index (χ4n) is 1.06. The van der Waals surface area contributed by atoms with E-state index >= 15 is 0 Å². The molecule has 0 unspecified atom stereocenters. The summed E-state index contributed by atoms with van der Waals surface area (Å²) in [7, 11) is -3.20. The van der Waals surface area contributed by atoms with E-state index in [-0.39, 0.29) is 5.75 Å². The number of halogens is 2. The van der Waals surface area contributed by atoms with Crippen LogP contribution in [-0.2, 0) is 10.0 Å². The molecule has 3 nitrogen and oxygen atoms in total. The van der Waals surface area contributed by atoms with E-state index in [2.05, 4.69) is 43.2 Å². The smallest absolute Gasteiger partial charge is 0.232 e. The zero-order valence-electron chi connectivity index (χ0n) is 8.13. The van der Waals surface area contributed by atoms with E-state index in [1.807, 2.05) is 19.1 Å². The van der Waals surface area contributed by atoms with Gasteiger partial charge in [-0.25, -0.2) is 8.42 Å². The highest BCUT2D eigenvalue weighted by molar-refractivity contribution is 14.1.